The van der Waals surface area contributed by atoms with Gasteiger partial charge in [-0.25, -0.2) is 4.79 Å². The van der Waals surface area contributed by atoms with Gasteiger partial charge in [-0.05, 0) is 37.6 Å². The van der Waals surface area contributed by atoms with Gasteiger partial charge in [0.15, 0.2) is 0 Å². The number of nitrogens with one attached hydrogen (secondary N) is 2. The maximum atomic E-state index is 12.0. The van der Waals surface area contributed by atoms with Crippen molar-refractivity contribution in [3.05, 3.63) is 29.8 Å². The largest absolute Gasteiger partial charge is 0.497 e. The van der Waals surface area contributed by atoms with Crippen LogP contribution in [-0.4, -0.2) is 68.8 Å². The summed E-state index contributed by atoms with van der Waals surface area (Å²) in [5, 5.41) is 6.05. The third kappa shape index (κ3) is 4.61. The van der Waals surface area contributed by atoms with E-state index in [0.29, 0.717) is 12.6 Å². The molecular formula is C18H28N4O2. The highest BCUT2D eigenvalue weighted by Gasteiger charge is 2.26. The summed E-state index contributed by atoms with van der Waals surface area (Å²) >= 11 is 0. The van der Waals surface area contributed by atoms with E-state index in [-0.39, 0.29) is 12.1 Å². The number of likely N-dealkylation sites (N-methyl/N-ethyl adjacent to an activating group) is 1. The Balaban J connectivity index is 1.65. The minimum atomic E-state index is -0.0508. The summed E-state index contributed by atoms with van der Waals surface area (Å²) in [6.07, 6.45) is 2.21. The minimum Gasteiger partial charge on any atom is -0.497 e. The molecule has 3 rings (SSSR count). The number of urea groups is 1. The Hall–Kier alpha value is -1.79. The maximum Gasteiger partial charge on any atom is 0.315 e. The molecule has 1 saturated carbocycles. The lowest BCUT2D eigenvalue weighted by atomic mass is 10.0. The lowest BCUT2D eigenvalue weighted by molar-refractivity contribution is 0.111. The number of hydrogen-bond donors (Lipinski definition) is 2. The van der Waals surface area contributed by atoms with E-state index in [1.54, 1.807) is 7.11 Å². The maximum absolute atomic E-state index is 12.0. The molecule has 0 spiro atoms. The Kier molecular flexibility index (Phi) is 5.58. The number of ether oxygens (including phenoxy) is 1. The molecule has 2 N–H and O–H groups in total. The van der Waals surface area contributed by atoms with Gasteiger partial charge in [-0.1, -0.05) is 12.1 Å². The quantitative estimate of drug-likeness (QED) is 0.828. The SMILES string of the molecule is COc1ccc([C@@H](CNC(=O)NC2CC2)N2CCN(C)CC2)cc1. The van der Waals surface area contributed by atoms with Crippen molar-refractivity contribution < 1.29 is 9.53 Å². The highest BCUT2D eigenvalue weighted by Crippen LogP contribution is 2.24. The molecule has 1 aromatic carbocycles. The summed E-state index contributed by atoms with van der Waals surface area (Å²) < 4.78 is 5.26. The first-order valence-corrected chi connectivity index (χ1v) is 8.76. The van der Waals surface area contributed by atoms with Crippen LogP contribution in [0.3, 0.4) is 0 Å². The predicted molar refractivity (Wildman–Crippen MR) is 94.4 cm³/mol. The van der Waals surface area contributed by atoms with E-state index >= 15 is 0 Å². The number of rotatable bonds is 6. The van der Waals surface area contributed by atoms with E-state index in [9.17, 15) is 4.79 Å². The monoisotopic (exact) mass is 332 g/mol. The second-order valence-corrected chi connectivity index (χ2v) is 6.76. The van der Waals surface area contributed by atoms with Gasteiger partial charge in [0.05, 0.1) is 13.2 Å². The smallest absolute Gasteiger partial charge is 0.315 e. The van der Waals surface area contributed by atoms with E-state index in [1.807, 2.05) is 12.1 Å². The van der Waals surface area contributed by atoms with Crippen molar-refractivity contribution in [1.82, 2.24) is 20.4 Å². The van der Waals surface area contributed by atoms with Crippen molar-refractivity contribution in [3.63, 3.8) is 0 Å². The second-order valence-electron chi connectivity index (χ2n) is 6.76. The molecule has 1 aliphatic heterocycles. The number of hydrogen-bond acceptors (Lipinski definition) is 4. The first-order chi connectivity index (χ1) is 11.7. The minimum absolute atomic E-state index is 0.0508. The molecule has 6 heteroatoms. The molecule has 2 fully saturated rings. The van der Waals surface area contributed by atoms with Crippen molar-refractivity contribution in [2.45, 2.75) is 24.9 Å². The van der Waals surface area contributed by atoms with Gasteiger partial charge in [-0.3, -0.25) is 4.90 Å². The third-order valence-corrected chi connectivity index (χ3v) is 4.85. The zero-order valence-corrected chi connectivity index (χ0v) is 14.6. The van der Waals surface area contributed by atoms with Gasteiger partial charge in [0.1, 0.15) is 5.75 Å². The highest BCUT2D eigenvalue weighted by atomic mass is 16.5. The summed E-state index contributed by atoms with van der Waals surface area (Å²) in [5.41, 5.74) is 1.21. The van der Waals surface area contributed by atoms with E-state index in [0.717, 1.165) is 44.8 Å². The molecule has 132 valence electrons. The first-order valence-electron chi connectivity index (χ1n) is 8.76. The molecule has 2 aliphatic rings. The average Bonchev–Trinajstić information content (AvgIpc) is 3.41. The summed E-state index contributed by atoms with van der Waals surface area (Å²) in [6.45, 7) is 4.76. The summed E-state index contributed by atoms with van der Waals surface area (Å²) in [7, 11) is 3.83. The lowest BCUT2D eigenvalue weighted by Gasteiger charge is -2.38. The van der Waals surface area contributed by atoms with Gasteiger partial charge in [0.2, 0.25) is 0 Å². The van der Waals surface area contributed by atoms with Crippen molar-refractivity contribution in [2.24, 2.45) is 0 Å². The van der Waals surface area contributed by atoms with Crippen molar-refractivity contribution in [2.75, 3.05) is 46.9 Å². The van der Waals surface area contributed by atoms with Gasteiger partial charge < -0.3 is 20.3 Å². The highest BCUT2D eigenvalue weighted by molar-refractivity contribution is 5.74. The number of benzene rings is 1. The van der Waals surface area contributed by atoms with Gasteiger partial charge in [-0.2, -0.15) is 0 Å². The third-order valence-electron chi connectivity index (χ3n) is 4.85. The van der Waals surface area contributed by atoms with Crippen LogP contribution >= 0.6 is 0 Å². The number of nitrogens with zero attached hydrogens (tertiary/aromatic N) is 2. The zero-order valence-electron chi connectivity index (χ0n) is 14.6. The number of amides is 2. The van der Waals surface area contributed by atoms with Crippen LogP contribution in [0.25, 0.3) is 0 Å². The van der Waals surface area contributed by atoms with Crippen LogP contribution in [0.5, 0.6) is 5.75 Å². The molecule has 0 bridgehead atoms. The van der Waals surface area contributed by atoms with Gasteiger partial charge in [-0.15, -0.1) is 0 Å². The fraction of sp³-hybridized carbons (Fsp3) is 0.611. The number of methoxy groups -OCH3 is 1. The van der Waals surface area contributed by atoms with Crippen LogP contribution in [0.2, 0.25) is 0 Å². The molecule has 0 radical (unpaired) electrons. The Bertz CT molecular complexity index is 536. The standard InChI is InChI=1S/C18H28N4O2/c1-21-9-11-22(12-10-21)17(13-19-18(23)20-15-5-6-15)14-3-7-16(24-2)8-4-14/h3-4,7-8,15,17H,5-6,9-13H2,1-2H3,(H2,19,20,23)/t17-/m1/s1. The number of carbonyl (C=O) groups excluding carboxylic acids is 1. The van der Waals surface area contributed by atoms with Crippen molar-refractivity contribution in [3.8, 4) is 5.75 Å². The van der Waals surface area contributed by atoms with Crippen LogP contribution in [0.1, 0.15) is 24.4 Å². The Morgan fingerprint density at radius 2 is 1.88 bits per heavy atom. The zero-order chi connectivity index (χ0) is 16.9. The van der Waals surface area contributed by atoms with E-state index in [2.05, 4.69) is 39.6 Å². The van der Waals surface area contributed by atoms with Crippen LogP contribution in [0.15, 0.2) is 24.3 Å². The fourth-order valence-electron chi connectivity index (χ4n) is 3.07. The van der Waals surface area contributed by atoms with Gasteiger partial charge in [0.25, 0.3) is 0 Å². The van der Waals surface area contributed by atoms with Crippen LogP contribution < -0.4 is 15.4 Å². The molecule has 1 atom stereocenters. The first kappa shape index (κ1) is 17.0. The van der Waals surface area contributed by atoms with Gasteiger partial charge >= 0.3 is 6.03 Å². The molecule has 24 heavy (non-hydrogen) atoms. The molecule has 6 nitrogen and oxygen atoms in total. The summed E-state index contributed by atoms with van der Waals surface area (Å²) in [4.78, 5) is 16.8. The van der Waals surface area contributed by atoms with Gasteiger partial charge in [0, 0.05) is 38.8 Å². The Labute approximate surface area is 144 Å². The molecular weight excluding hydrogens is 304 g/mol. The topological polar surface area (TPSA) is 56.8 Å². The second kappa shape index (κ2) is 7.85. The normalized spacial score (nSPS) is 20.4. The molecule has 1 saturated heterocycles. The lowest BCUT2D eigenvalue weighted by Crippen LogP contribution is -2.49. The molecule has 1 aliphatic carbocycles. The van der Waals surface area contributed by atoms with E-state index in [4.69, 9.17) is 4.74 Å². The molecule has 1 heterocycles. The summed E-state index contributed by atoms with van der Waals surface area (Å²) in [5.74, 6) is 0.857. The van der Waals surface area contributed by atoms with Crippen LogP contribution in [-0.2, 0) is 0 Å². The van der Waals surface area contributed by atoms with E-state index < -0.39 is 0 Å². The number of carbonyl (C=O) groups is 1. The van der Waals surface area contributed by atoms with Crippen molar-refractivity contribution >= 4 is 6.03 Å². The molecule has 0 aromatic heterocycles. The average molecular weight is 332 g/mol. The number of piperazine rings is 1. The molecule has 0 unspecified atom stereocenters. The fourth-order valence-corrected chi connectivity index (χ4v) is 3.07. The van der Waals surface area contributed by atoms with Crippen LogP contribution in [0, 0.1) is 0 Å². The van der Waals surface area contributed by atoms with E-state index in [1.165, 1.54) is 5.56 Å². The molecule has 2 amide bonds. The Morgan fingerprint density at radius 1 is 1.21 bits per heavy atom. The predicted octanol–water partition coefficient (Wildman–Crippen LogP) is 1.45. The molecule has 1 aromatic rings. The van der Waals surface area contributed by atoms with Crippen molar-refractivity contribution in [1.29, 1.82) is 0 Å². The van der Waals surface area contributed by atoms with Crippen LogP contribution in [0.4, 0.5) is 4.79 Å². The Morgan fingerprint density at radius 3 is 2.46 bits per heavy atom. The summed E-state index contributed by atoms with van der Waals surface area (Å²) in [6, 6.07) is 8.70.